The quantitative estimate of drug-likeness (QED) is 0.219. The number of aliphatic hydroxyl groups excluding tert-OH is 1. The average molecular weight is 595 g/mol. The van der Waals surface area contributed by atoms with E-state index in [0.29, 0.717) is 35.5 Å². The number of anilines is 1. The summed E-state index contributed by atoms with van der Waals surface area (Å²) >= 11 is 8.13. The van der Waals surface area contributed by atoms with Gasteiger partial charge in [-0.05, 0) is 43.9 Å². The molecule has 0 aromatic heterocycles. The number of para-hydroxylation sites is 1. The number of aliphatic hydroxyl groups is 1. The number of carbonyl (C=O) groups is 3. The lowest BCUT2D eigenvalue weighted by molar-refractivity contribution is -0.156. The van der Waals surface area contributed by atoms with Crippen LogP contribution in [0.4, 0.5) is 5.69 Å². The first kappa shape index (κ1) is 29.4. The number of esters is 1. The fraction of sp³-hybridized carbons (Fsp3) is 0.406. The summed E-state index contributed by atoms with van der Waals surface area (Å²) in [6.07, 6.45) is 5.04. The van der Waals surface area contributed by atoms with Crippen LogP contribution < -0.4 is 4.90 Å². The zero-order chi connectivity index (χ0) is 29.4. The molecule has 3 fully saturated rings. The van der Waals surface area contributed by atoms with Crippen molar-refractivity contribution in [1.29, 1.82) is 0 Å². The summed E-state index contributed by atoms with van der Waals surface area (Å²) in [7, 11) is 0. The number of benzene rings is 2. The van der Waals surface area contributed by atoms with E-state index in [2.05, 4.69) is 13.2 Å². The van der Waals surface area contributed by atoms with Crippen LogP contribution in [0.5, 0.6) is 0 Å². The summed E-state index contributed by atoms with van der Waals surface area (Å²) in [5.41, 5.74) is 1.22. The average Bonchev–Trinajstić information content (AvgIpc) is 3.54. The minimum absolute atomic E-state index is 0.173. The summed E-state index contributed by atoms with van der Waals surface area (Å²) in [5.74, 6) is -2.55. The van der Waals surface area contributed by atoms with Crippen LogP contribution in [0.15, 0.2) is 79.9 Å². The molecule has 5 rings (SSSR count). The lowest BCUT2D eigenvalue weighted by atomic mass is 9.66. The standard InChI is InChI=1S/C32H35ClN2O5S/c1-4-6-19-40-30(39)26-25-28(37)35(24(20-36)21-12-8-7-9-13-21)27(32(25)17-16-31(26,3)41-32)29(38)34(18-5-2)23-15-11-10-14-22(23)33/h4-5,7-15,24-27,36H,1-2,6,16-20H2,3H3/t24-,25+,26+,27?,31-,32?/m1/s1. The molecule has 2 bridgehead atoms. The van der Waals surface area contributed by atoms with Gasteiger partial charge in [0.2, 0.25) is 5.91 Å². The number of hydrogen-bond acceptors (Lipinski definition) is 6. The Balaban J connectivity index is 1.65. The van der Waals surface area contributed by atoms with Gasteiger partial charge in [-0.25, -0.2) is 0 Å². The fourth-order valence-corrected chi connectivity index (χ4v) is 9.52. The molecular formula is C32H35ClN2O5S. The van der Waals surface area contributed by atoms with E-state index in [1.807, 2.05) is 37.3 Å². The third-order valence-corrected chi connectivity index (χ3v) is 11.0. The summed E-state index contributed by atoms with van der Waals surface area (Å²) in [6.45, 7) is 9.53. The summed E-state index contributed by atoms with van der Waals surface area (Å²) in [5, 5.41) is 11.1. The highest BCUT2D eigenvalue weighted by Gasteiger charge is 2.78. The molecule has 9 heteroatoms. The Labute approximate surface area is 250 Å². The normalized spacial score (nSPS) is 28.7. The maximum absolute atomic E-state index is 14.8. The van der Waals surface area contributed by atoms with E-state index in [1.54, 1.807) is 53.1 Å². The van der Waals surface area contributed by atoms with Crippen molar-refractivity contribution in [3.8, 4) is 0 Å². The molecule has 7 nitrogen and oxygen atoms in total. The topological polar surface area (TPSA) is 87.1 Å². The highest BCUT2D eigenvalue weighted by molar-refractivity contribution is 8.02. The van der Waals surface area contributed by atoms with E-state index in [4.69, 9.17) is 16.3 Å². The number of halogens is 1. The SMILES string of the molecule is C=CCCOC(=O)[C@@H]1[C@H]2C(=O)N([C@H](CO)c3ccccc3)C(C(=O)N(CC=C)c3ccccc3Cl)C23CC[C@@]1(C)S3. The van der Waals surface area contributed by atoms with Crippen LogP contribution in [0.1, 0.15) is 37.8 Å². The second-order valence-corrected chi connectivity index (χ2v) is 13.3. The Hall–Kier alpha value is -3.07. The van der Waals surface area contributed by atoms with E-state index < -0.39 is 39.4 Å². The molecule has 2 amide bonds. The smallest absolute Gasteiger partial charge is 0.311 e. The number of ether oxygens (including phenoxy) is 1. The molecule has 2 aromatic rings. The molecule has 3 heterocycles. The van der Waals surface area contributed by atoms with Gasteiger partial charge in [0.25, 0.3) is 5.91 Å². The fourth-order valence-electron chi connectivity index (χ4n) is 6.95. The Morgan fingerprint density at radius 1 is 1.17 bits per heavy atom. The number of nitrogens with zero attached hydrogens (tertiary/aromatic N) is 2. The van der Waals surface area contributed by atoms with Crippen LogP contribution in [-0.4, -0.2) is 63.1 Å². The van der Waals surface area contributed by atoms with Gasteiger partial charge < -0.3 is 19.6 Å². The maximum Gasteiger partial charge on any atom is 0.311 e. The lowest BCUT2D eigenvalue weighted by Crippen LogP contribution is -2.56. The first-order valence-electron chi connectivity index (χ1n) is 13.9. The second-order valence-electron chi connectivity index (χ2n) is 11.0. The van der Waals surface area contributed by atoms with Gasteiger partial charge >= 0.3 is 5.97 Å². The van der Waals surface area contributed by atoms with Gasteiger partial charge in [-0.15, -0.1) is 24.9 Å². The Kier molecular flexibility index (Phi) is 8.37. The number of rotatable bonds is 11. The molecule has 41 heavy (non-hydrogen) atoms. The van der Waals surface area contributed by atoms with Crippen molar-refractivity contribution in [1.82, 2.24) is 4.90 Å². The summed E-state index contributed by atoms with van der Waals surface area (Å²) in [4.78, 5) is 46.1. The van der Waals surface area contributed by atoms with Crippen LogP contribution in [0, 0.1) is 11.8 Å². The first-order valence-corrected chi connectivity index (χ1v) is 15.1. The van der Waals surface area contributed by atoms with E-state index in [9.17, 15) is 19.5 Å². The monoisotopic (exact) mass is 594 g/mol. The number of likely N-dealkylation sites (tertiary alicyclic amines) is 1. The molecule has 0 aliphatic carbocycles. The van der Waals surface area contributed by atoms with Crippen LogP contribution in [0.3, 0.4) is 0 Å². The molecule has 3 aliphatic heterocycles. The van der Waals surface area contributed by atoms with Crippen molar-refractivity contribution >= 4 is 46.8 Å². The van der Waals surface area contributed by atoms with E-state index in [0.717, 1.165) is 0 Å². The van der Waals surface area contributed by atoms with Crippen LogP contribution in [-0.2, 0) is 19.1 Å². The molecule has 0 radical (unpaired) electrons. The van der Waals surface area contributed by atoms with E-state index >= 15 is 0 Å². The Morgan fingerprint density at radius 3 is 2.54 bits per heavy atom. The van der Waals surface area contributed by atoms with Gasteiger partial charge in [-0.3, -0.25) is 14.4 Å². The predicted molar refractivity (Wildman–Crippen MR) is 162 cm³/mol. The Morgan fingerprint density at radius 2 is 1.88 bits per heavy atom. The van der Waals surface area contributed by atoms with Gasteiger partial charge in [0.15, 0.2) is 0 Å². The van der Waals surface area contributed by atoms with Crippen LogP contribution in [0.25, 0.3) is 0 Å². The molecule has 2 aromatic carbocycles. The number of hydrogen-bond donors (Lipinski definition) is 1. The summed E-state index contributed by atoms with van der Waals surface area (Å²) < 4.78 is 4.20. The van der Waals surface area contributed by atoms with Crippen molar-refractivity contribution in [3.63, 3.8) is 0 Å². The zero-order valence-corrected chi connectivity index (χ0v) is 24.7. The van der Waals surface area contributed by atoms with Crippen LogP contribution in [0.2, 0.25) is 5.02 Å². The second kappa shape index (κ2) is 11.7. The highest BCUT2D eigenvalue weighted by Crippen LogP contribution is 2.72. The summed E-state index contributed by atoms with van der Waals surface area (Å²) in [6, 6.07) is 14.5. The Bertz CT molecular complexity index is 1350. The predicted octanol–water partition coefficient (Wildman–Crippen LogP) is 5.19. The number of amides is 2. The molecule has 1 N–H and O–H groups in total. The van der Waals surface area contributed by atoms with Gasteiger partial charge in [-0.2, -0.15) is 0 Å². The van der Waals surface area contributed by atoms with Crippen molar-refractivity contribution < 1.29 is 24.2 Å². The van der Waals surface area contributed by atoms with E-state index in [1.165, 1.54) is 4.90 Å². The van der Waals surface area contributed by atoms with Gasteiger partial charge in [0.05, 0.1) is 46.5 Å². The minimum atomic E-state index is -0.952. The molecule has 216 valence electrons. The van der Waals surface area contributed by atoms with Crippen molar-refractivity contribution in [3.05, 3.63) is 90.5 Å². The lowest BCUT2D eigenvalue weighted by Gasteiger charge is -2.40. The van der Waals surface area contributed by atoms with E-state index in [-0.39, 0.29) is 31.6 Å². The molecule has 1 spiro atoms. The van der Waals surface area contributed by atoms with Crippen molar-refractivity contribution in [2.45, 2.75) is 47.8 Å². The molecular weight excluding hydrogens is 560 g/mol. The zero-order valence-electron chi connectivity index (χ0n) is 23.1. The molecule has 0 saturated carbocycles. The van der Waals surface area contributed by atoms with Gasteiger partial charge in [0, 0.05) is 11.3 Å². The van der Waals surface area contributed by atoms with Gasteiger partial charge in [-0.1, -0.05) is 66.2 Å². The van der Waals surface area contributed by atoms with Crippen LogP contribution >= 0.6 is 23.4 Å². The minimum Gasteiger partial charge on any atom is -0.465 e. The number of fused-ring (bicyclic) bond motifs is 1. The highest BCUT2D eigenvalue weighted by atomic mass is 35.5. The molecule has 6 atom stereocenters. The third-order valence-electron chi connectivity index (χ3n) is 8.68. The first-order chi connectivity index (χ1) is 19.7. The molecule has 3 aliphatic rings. The molecule has 2 unspecified atom stereocenters. The molecule has 3 saturated heterocycles. The number of thioether (sulfide) groups is 1. The van der Waals surface area contributed by atoms with Gasteiger partial charge in [0.1, 0.15) is 6.04 Å². The third kappa shape index (κ3) is 4.80. The van der Waals surface area contributed by atoms with Crippen molar-refractivity contribution in [2.75, 3.05) is 24.7 Å². The maximum atomic E-state index is 14.8. The largest absolute Gasteiger partial charge is 0.465 e. The van der Waals surface area contributed by atoms with Crippen molar-refractivity contribution in [2.24, 2.45) is 11.8 Å². The number of carbonyl (C=O) groups excluding carboxylic acids is 3.